The maximum Gasteiger partial charge on any atom is 0.0642 e. The van der Waals surface area contributed by atoms with Crippen LogP contribution < -0.4 is 10.6 Å². The topological polar surface area (TPSA) is 58.7 Å². The molecule has 1 aliphatic rings. The van der Waals surface area contributed by atoms with Gasteiger partial charge in [0.2, 0.25) is 0 Å². The first-order valence-electron chi connectivity index (χ1n) is 6.43. The lowest BCUT2D eigenvalue weighted by Crippen LogP contribution is -2.37. The van der Waals surface area contributed by atoms with Gasteiger partial charge >= 0.3 is 0 Å². The zero-order valence-corrected chi connectivity index (χ0v) is 11.1. The zero-order chi connectivity index (χ0) is 13.1. The number of benzene rings is 1. The minimum Gasteiger partial charge on any atom is -0.394 e. The van der Waals surface area contributed by atoms with Crippen LogP contribution in [-0.4, -0.2) is 38.0 Å². The summed E-state index contributed by atoms with van der Waals surface area (Å²) in [5.41, 5.74) is 10.6. The third-order valence-corrected chi connectivity index (χ3v) is 3.47. The van der Waals surface area contributed by atoms with E-state index in [4.69, 9.17) is 15.6 Å². The highest BCUT2D eigenvalue weighted by Gasteiger charge is 2.17. The second kappa shape index (κ2) is 5.69. The van der Waals surface area contributed by atoms with E-state index in [1.807, 2.05) is 0 Å². The molecule has 1 fully saturated rings. The third kappa shape index (κ3) is 2.66. The van der Waals surface area contributed by atoms with Crippen molar-refractivity contribution in [3.05, 3.63) is 28.8 Å². The summed E-state index contributed by atoms with van der Waals surface area (Å²) in [6, 6.07) is 3.87. The lowest BCUT2D eigenvalue weighted by molar-refractivity contribution is 0.122. The number of hydrogen-bond acceptors (Lipinski definition) is 4. The van der Waals surface area contributed by atoms with Crippen molar-refractivity contribution >= 4 is 5.69 Å². The highest BCUT2D eigenvalue weighted by molar-refractivity contribution is 5.60. The molecule has 0 saturated carbocycles. The Hall–Kier alpha value is -1.10. The highest BCUT2D eigenvalue weighted by Crippen LogP contribution is 2.28. The number of aliphatic hydroxyl groups excluding tert-OH is 1. The quantitative estimate of drug-likeness (QED) is 0.844. The Labute approximate surface area is 108 Å². The molecular formula is C14H22N2O2. The molecule has 0 radical (unpaired) electrons. The average Bonchev–Trinajstić information content (AvgIpc) is 2.38. The van der Waals surface area contributed by atoms with Crippen LogP contribution in [0.4, 0.5) is 5.69 Å². The van der Waals surface area contributed by atoms with Gasteiger partial charge in [0.15, 0.2) is 0 Å². The molecule has 0 aromatic heterocycles. The van der Waals surface area contributed by atoms with Crippen molar-refractivity contribution < 1.29 is 9.84 Å². The van der Waals surface area contributed by atoms with E-state index in [1.54, 1.807) is 0 Å². The smallest absolute Gasteiger partial charge is 0.0642 e. The van der Waals surface area contributed by atoms with Gasteiger partial charge in [-0.3, -0.25) is 0 Å². The number of morpholine rings is 1. The Morgan fingerprint density at radius 3 is 2.33 bits per heavy atom. The van der Waals surface area contributed by atoms with Gasteiger partial charge < -0.3 is 20.5 Å². The molecule has 4 nitrogen and oxygen atoms in total. The predicted octanol–water partition coefficient (Wildman–Crippen LogP) is 1.13. The molecule has 1 saturated heterocycles. The molecule has 0 bridgehead atoms. The van der Waals surface area contributed by atoms with E-state index in [0.29, 0.717) is 0 Å². The number of nitrogens with two attached hydrogens (primary N) is 1. The summed E-state index contributed by atoms with van der Waals surface area (Å²) >= 11 is 0. The van der Waals surface area contributed by atoms with Crippen molar-refractivity contribution in [2.75, 3.05) is 37.8 Å². The molecule has 1 aromatic rings. The molecule has 2 rings (SSSR count). The zero-order valence-electron chi connectivity index (χ0n) is 11.1. The van der Waals surface area contributed by atoms with E-state index in [-0.39, 0.29) is 12.6 Å². The van der Waals surface area contributed by atoms with Gasteiger partial charge in [-0.05, 0) is 30.5 Å². The van der Waals surface area contributed by atoms with Crippen LogP contribution in [0.5, 0.6) is 0 Å². The van der Waals surface area contributed by atoms with Crippen LogP contribution in [0, 0.1) is 13.8 Å². The largest absolute Gasteiger partial charge is 0.394 e. The number of aryl methyl sites for hydroxylation is 2. The van der Waals surface area contributed by atoms with E-state index in [1.165, 1.54) is 16.8 Å². The van der Waals surface area contributed by atoms with Crippen LogP contribution in [0.25, 0.3) is 0 Å². The van der Waals surface area contributed by atoms with Gasteiger partial charge in [0.25, 0.3) is 0 Å². The summed E-state index contributed by atoms with van der Waals surface area (Å²) in [4.78, 5) is 2.36. The van der Waals surface area contributed by atoms with Crippen molar-refractivity contribution in [1.29, 1.82) is 0 Å². The number of hydrogen-bond donors (Lipinski definition) is 2. The van der Waals surface area contributed by atoms with Gasteiger partial charge in [-0.25, -0.2) is 0 Å². The molecule has 18 heavy (non-hydrogen) atoms. The van der Waals surface area contributed by atoms with E-state index in [2.05, 4.69) is 30.9 Å². The fraction of sp³-hybridized carbons (Fsp3) is 0.571. The van der Waals surface area contributed by atoms with Gasteiger partial charge in [0.1, 0.15) is 0 Å². The van der Waals surface area contributed by atoms with Crippen LogP contribution in [-0.2, 0) is 4.74 Å². The first-order chi connectivity index (χ1) is 8.63. The number of rotatable bonds is 3. The Kier molecular flexibility index (Phi) is 4.22. The van der Waals surface area contributed by atoms with Gasteiger partial charge in [-0.2, -0.15) is 0 Å². The number of anilines is 1. The molecule has 1 atom stereocenters. The van der Waals surface area contributed by atoms with Crippen molar-refractivity contribution in [1.82, 2.24) is 0 Å². The van der Waals surface area contributed by atoms with E-state index < -0.39 is 0 Å². The molecule has 3 N–H and O–H groups in total. The summed E-state index contributed by atoms with van der Waals surface area (Å²) in [6.07, 6.45) is 0. The normalized spacial score (nSPS) is 17.9. The summed E-state index contributed by atoms with van der Waals surface area (Å²) in [6.45, 7) is 7.64. The average molecular weight is 250 g/mol. The summed E-state index contributed by atoms with van der Waals surface area (Å²) in [7, 11) is 0. The summed E-state index contributed by atoms with van der Waals surface area (Å²) in [5, 5.41) is 9.14. The Bertz CT molecular complexity index is 391. The summed E-state index contributed by atoms with van der Waals surface area (Å²) in [5.74, 6) is 0. The fourth-order valence-electron chi connectivity index (χ4n) is 2.59. The molecule has 0 aliphatic carbocycles. The van der Waals surface area contributed by atoms with Crippen LogP contribution in [0.3, 0.4) is 0 Å². The standard InChI is InChI=1S/C14H22N2O2/c1-10-7-12(13(15)9-17)8-11(2)14(10)16-3-5-18-6-4-16/h7-8,13,17H,3-6,9,15H2,1-2H3/t13-/m0/s1. The van der Waals surface area contributed by atoms with Crippen molar-refractivity contribution in [3.63, 3.8) is 0 Å². The lowest BCUT2D eigenvalue weighted by atomic mass is 9.99. The maximum atomic E-state index is 9.14. The predicted molar refractivity (Wildman–Crippen MR) is 73.0 cm³/mol. The van der Waals surface area contributed by atoms with Crippen molar-refractivity contribution in [2.45, 2.75) is 19.9 Å². The SMILES string of the molecule is Cc1cc([C@@H](N)CO)cc(C)c1N1CCOCC1. The Morgan fingerprint density at radius 1 is 1.28 bits per heavy atom. The second-order valence-electron chi connectivity index (χ2n) is 4.89. The Morgan fingerprint density at radius 2 is 1.83 bits per heavy atom. The van der Waals surface area contributed by atoms with E-state index in [9.17, 15) is 0 Å². The van der Waals surface area contributed by atoms with Crippen molar-refractivity contribution in [2.24, 2.45) is 5.73 Å². The molecule has 4 heteroatoms. The number of ether oxygens (including phenoxy) is 1. The molecule has 0 spiro atoms. The lowest BCUT2D eigenvalue weighted by Gasteiger charge is -2.32. The number of aliphatic hydroxyl groups is 1. The molecule has 1 aromatic carbocycles. The van der Waals surface area contributed by atoms with Crippen LogP contribution in [0.2, 0.25) is 0 Å². The third-order valence-electron chi connectivity index (χ3n) is 3.47. The minimum atomic E-state index is -0.291. The van der Waals surface area contributed by atoms with Crippen LogP contribution in [0.1, 0.15) is 22.7 Å². The number of nitrogens with zero attached hydrogens (tertiary/aromatic N) is 1. The minimum absolute atomic E-state index is 0.0181. The molecule has 0 unspecified atom stereocenters. The molecule has 1 heterocycles. The van der Waals surface area contributed by atoms with E-state index in [0.717, 1.165) is 31.9 Å². The van der Waals surface area contributed by atoms with E-state index >= 15 is 0 Å². The maximum absolute atomic E-state index is 9.14. The van der Waals surface area contributed by atoms with Gasteiger partial charge in [-0.15, -0.1) is 0 Å². The fourth-order valence-corrected chi connectivity index (χ4v) is 2.59. The van der Waals surface area contributed by atoms with Crippen LogP contribution in [0.15, 0.2) is 12.1 Å². The van der Waals surface area contributed by atoms with Crippen molar-refractivity contribution in [3.8, 4) is 0 Å². The summed E-state index contributed by atoms with van der Waals surface area (Å²) < 4.78 is 5.39. The molecular weight excluding hydrogens is 228 g/mol. The second-order valence-corrected chi connectivity index (χ2v) is 4.89. The van der Waals surface area contributed by atoms with Crippen LogP contribution >= 0.6 is 0 Å². The first kappa shape index (κ1) is 13.3. The Balaban J connectivity index is 2.31. The van der Waals surface area contributed by atoms with Gasteiger partial charge in [0.05, 0.1) is 25.9 Å². The van der Waals surface area contributed by atoms with Gasteiger partial charge in [0, 0.05) is 18.8 Å². The molecule has 100 valence electrons. The molecule has 1 aliphatic heterocycles. The first-order valence-corrected chi connectivity index (χ1v) is 6.43. The highest BCUT2D eigenvalue weighted by atomic mass is 16.5. The monoisotopic (exact) mass is 250 g/mol. The van der Waals surface area contributed by atoms with Gasteiger partial charge in [-0.1, -0.05) is 12.1 Å². The molecule has 0 amide bonds.